The van der Waals surface area contributed by atoms with Crippen molar-refractivity contribution < 1.29 is 27.8 Å². The summed E-state index contributed by atoms with van der Waals surface area (Å²) in [5.74, 6) is 0.139. The first-order chi connectivity index (χ1) is 13.8. The molecule has 0 spiro atoms. The van der Waals surface area contributed by atoms with Crippen LogP contribution in [-0.4, -0.2) is 48.1 Å². The van der Waals surface area contributed by atoms with Crippen LogP contribution in [0.1, 0.15) is 24.0 Å². The first kappa shape index (κ1) is 20.2. The first-order valence-electron chi connectivity index (χ1n) is 9.72. The Labute approximate surface area is 167 Å². The predicted molar refractivity (Wildman–Crippen MR) is 102 cm³/mol. The molecule has 2 unspecified atom stereocenters. The average Bonchev–Trinajstić information content (AvgIpc) is 2.68. The average molecular weight is 407 g/mol. The van der Waals surface area contributed by atoms with Crippen molar-refractivity contribution in [3.05, 3.63) is 65.7 Å². The van der Waals surface area contributed by atoms with Crippen molar-refractivity contribution in [2.24, 2.45) is 0 Å². The Bertz CT molecular complexity index is 796. The van der Waals surface area contributed by atoms with Crippen LogP contribution in [0, 0.1) is 0 Å². The Morgan fingerprint density at radius 1 is 1.00 bits per heavy atom. The maximum absolute atomic E-state index is 12.3. The first-order valence-corrected chi connectivity index (χ1v) is 9.72. The predicted octanol–water partition coefficient (Wildman–Crippen LogP) is 3.88. The van der Waals surface area contributed by atoms with Crippen molar-refractivity contribution >= 4 is 0 Å². The number of morpholine rings is 1. The number of rotatable bonds is 5. The van der Waals surface area contributed by atoms with Crippen LogP contribution < -0.4 is 4.74 Å². The molecule has 0 amide bonds. The van der Waals surface area contributed by atoms with Crippen molar-refractivity contribution in [2.45, 2.75) is 43.2 Å². The van der Waals surface area contributed by atoms with Gasteiger partial charge in [-0.05, 0) is 36.1 Å². The SMILES string of the molecule is OC1(c2ccc(OCC(F)(F)F)cc2)CC2COCC(C1)N2Cc1ccccc1. The van der Waals surface area contributed by atoms with Crippen molar-refractivity contribution in [1.82, 2.24) is 4.90 Å². The highest BCUT2D eigenvalue weighted by Gasteiger charge is 2.46. The lowest BCUT2D eigenvalue weighted by Crippen LogP contribution is -2.60. The van der Waals surface area contributed by atoms with Crippen LogP contribution in [0.4, 0.5) is 13.2 Å². The molecule has 7 heteroatoms. The van der Waals surface area contributed by atoms with E-state index in [1.54, 1.807) is 12.1 Å². The molecule has 29 heavy (non-hydrogen) atoms. The van der Waals surface area contributed by atoms with Gasteiger partial charge in [0.05, 0.1) is 18.8 Å². The number of alkyl halides is 3. The Morgan fingerprint density at radius 3 is 2.21 bits per heavy atom. The standard InChI is InChI=1S/C22H24F3NO3/c23-22(24,25)15-29-20-8-6-17(7-9-20)21(27)10-18-13-28-14-19(11-21)26(18)12-16-4-2-1-3-5-16/h1-9,18-19,27H,10-15H2. The molecule has 0 aromatic heterocycles. The van der Waals surface area contributed by atoms with Gasteiger partial charge in [-0.3, -0.25) is 4.90 Å². The quantitative estimate of drug-likeness (QED) is 0.817. The molecule has 2 heterocycles. The Morgan fingerprint density at radius 2 is 1.62 bits per heavy atom. The largest absolute Gasteiger partial charge is 0.484 e. The van der Waals surface area contributed by atoms with Crippen LogP contribution in [0.25, 0.3) is 0 Å². The van der Waals surface area contributed by atoms with E-state index in [2.05, 4.69) is 17.0 Å². The minimum absolute atomic E-state index is 0.0777. The summed E-state index contributed by atoms with van der Waals surface area (Å²) in [5.41, 5.74) is 0.892. The molecule has 4 nitrogen and oxygen atoms in total. The van der Waals surface area contributed by atoms with Gasteiger partial charge in [-0.1, -0.05) is 42.5 Å². The zero-order valence-electron chi connectivity index (χ0n) is 15.9. The summed E-state index contributed by atoms with van der Waals surface area (Å²) in [5, 5.41) is 11.4. The highest BCUT2D eigenvalue weighted by molar-refractivity contribution is 5.32. The number of aliphatic hydroxyl groups is 1. The molecule has 0 aliphatic carbocycles. The van der Waals surface area contributed by atoms with Gasteiger partial charge in [0, 0.05) is 18.6 Å². The lowest BCUT2D eigenvalue weighted by Gasteiger charge is -2.52. The summed E-state index contributed by atoms with van der Waals surface area (Å²) in [6.45, 7) is 0.587. The minimum atomic E-state index is -4.38. The summed E-state index contributed by atoms with van der Waals surface area (Å²) in [6.07, 6.45) is -3.35. The van der Waals surface area contributed by atoms with E-state index in [1.807, 2.05) is 18.2 Å². The Balaban J connectivity index is 1.47. The van der Waals surface area contributed by atoms with Crippen LogP contribution in [0.5, 0.6) is 5.75 Å². The van der Waals surface area contributed by atoms with Gasteiger partial charge in [-0.25, -0.2) is 0 Å². The zero-order valence-corrected chi connectivity index (χ0v) is 15.9. The molecule has 156 valence electrons. The van der Waals surface area contributed by atoms with Crippen molar-refractivity contribution in [3.63, 3.8) is 0 Å². The highest BCUT2D eigenvalue weighted by atomic mass is 19.4. The van der Waals surface area contributed by atoms with Crippen LogP contribution in [-0.2, 0) is 16.9 Å². The van der Waals surface area contributed by atoms with Gasteiger partial charge in [-0.2, -0.15) is 13.2 Å². The number of ether oxygens (including phenoxy) is 2. The second-order valence-corrected chi connectivity index (χ2v) is 7.87. The molecule has 2 aromatic rings. The van der Waals surface area contributed by atoms with Crippen LogP contribution >= 0.6 is 0 Å². The van der Waals surface area contributed by atoms with E-state index >= 15 is 0 Å². The van der Waals surface area contributed by atoms with Gasteiger partial charge in [0.1, 0.15) is 5.75 Å². The minimum Gasteiger partial charge on any atom is -0.484 e. The highest BCUT2D eigenvalue weighted by Crippen LogP contribution is 2.42. The maximum Gasteiger partial charge on any atom is 0.422 e. The molecule has 2 saturated heterocycles. The monoisotopic (exact) mass is 407 g/mol. The van der Waals surface area contributed by atoms with E-state index in [0.29, 0.717) is 31.6 Å². The molecule has 2 atom stereocenters. The number of halogens is 3. The number of fused-ring (bicyclic) bond motifs is 2. The van der Waals surface area contributed by atoms with Crippen LogP contribution in [0.2, 0.25) is 0 Å². The van der Waals surface area contributed by atoms with Crippen molar-refractivity contribution in [2.75, 3.05) is 19.8 Å². The second-order valence-electron chi connectivity index (χ2n) is 7.87. The lowest BCUT2D eigenvalue weighted by atomic mass is 9.76. The summed E-state index contributed by atoms with van der Waals surface area (Å²) in [6, 6.07) is 16.7. The summed E-state index contributed by atoms with van der Waals surface area (Å²) < 4.78 is 47.5. The van der Waals surface area contributed by atoms with E-state index in [4.69, 9.17) is 9.47 Å². The molecular weight excluding hydrogens is 383 g/mol. The maximum atomic E-state index is 12.3. The van der Waals surface area contributed by atoms with Crippen molar-refractivity contribution in [1.29, 1.82) is 0 Å². The van der Waals surface area contributed by atoms with Gasteiger partial charge in [0.15, 0.2) is 6.61 Å². The fourth-order valence-corrected chi connectivity index (χ4v) is 4.36. The summed E-state index contributed by atoms with van der Waals surface area (Å²) in [4.78, 5) is 2.40. The number of benzene rings is 2. The van der Waals surface area contributed by atoms with E-state index in [-0.39, 0.29) is 17.8 Å². The van der Waals surface area contributed by atoms with Gasteiger partial charge in [0.2, 0.25) is 0 Å². The number of nitrogens with zero attached hydrogens (tertiary/aromatic N) is 1. The third-order valence-corrected chi connectivity index (χ3v) is 5.71. The van der Waals surface area contributed by atoms with Crippen LogP contribution in [0.3, 0.4) is 0 Å². The third kappa shape index (κ3) is 4.74. The third-order valence-electron chi connectivity index (χ3n) is 5.71. The molecule has 2 aromatic carbocycles. The molecule has 2 aliphatic rings. The molecule has 0 saturated carbocycles. The fraction of sp³-hybridized carbons (Fsp3) is 0.455. The molecular formula is C22H24F3NO3. The number of hydrogen-bond donors (Lipinski definition) is 1. The molecule has 1 N–H and O–H groups in total. The molecule has 2 aliphatic heterocycles. The lowest BCUT2D eigenvalue weighted by molar-refractivity contribution is -0.153. The molecule has 4 rings (SSSR count). The number of hydrogen-bond acceptors (Lipinski definition) is 4. The van der Waals surface area contributed by atoms with Gasteiger partial charge >= 0.3 is 6.18 Å². The normalized spacial score (nSPS) is 27.6. The smallest absolute Gasteiger partial charge is 0.422 e. The molecule has 2 fully saturated rings. The van der Waals surface area contributed by atoms with E-state index in [1.165, 1.54) is 17.7 Å². The number of piperidine rings is 1. The summed E-state index contributed by atoms with van der Waals surface area (Å²) in [7, 11) is 0. The summed E-state index contributed by atoms with van der Waals surface area (Å²) >= 11 is 0. The van der Waals surface area contributed by atoms with Gasteiger partial charge < -0.3 is 14.6 Å². The topological polar surface area (TPSA) is 41.9 Å². The van der Waals surface area contributed by atoms with Gasteiger partial charge in [-0.15, -0.1) is 0 Å². The van der Waals surface area contributed by atoms with E-state index in [9.17, 15) is 18.3 Å². The molecule has 2 bridgehead atoms. The Hall–Kier alpha value is -2.09. The van der Waals surface area contributed by atoms with Crippen LogP contribution in [0.15, 0.2) is 54.6 Å². The van der Waals surface area contributed by atoms with Crippen molar-refractivity contribution in [3.8, 4) is 5.75 Å². The van der Waals surface area contributed by atoms with E-state index in [0.717, 1.165) is 6.54 Å². The fourth-order valence-electron chi connectivity index (χ4n) is 4.36. The second kappa shape index (κ2) is 7.97. The zero-order chi connectivity index (χ0) is 20.5. The van der Waals surface area contributed by atoms with E-state index < -0.39 is 18.4 Å². The molecule has 0 radical (unpaired) electrons. The Kier molecular flexibility index (Phi) is 5.55. The van der Waals surface area contributed by atoms with Gasteiger partial charge in [0.25, 0.3) is 0 Å².